The minimum absolute atomic E-state index is 0.714. The molecular weight excluding hydrogens is 188 g/mol. The van der Waals surface area contributed by atoms with Crippen LogP contribution in [0.2, 0.25) is 0 Å². The standard InChI is InChI=1S/C12H24N2O/c1-14-6-2-3-11(10-14)9-13-12-4-7-15-8-5-12/h11-13H,2-10H2,1H3. The molecule has 1 atom stereocenters. The van der Waals surface area contributed by atoms with Crippen molar-refractivity contribution >= 4 is 0 Å². The molecule has 3 heteroatoms. The van der Waals surface area contributed by atoms with Crippen LogP contribution < -0.4 is 5.32 Å². The Morgan fingerprint density at radius 1 is 1.27 bits per heavy atom. The zero-order valence-corrected chi connectivity index (χ0v) is 9.87. The molecule has 0 aromatic rings. The minimum atomic E-state index is 0.714. The fourth-order valence-corrected chi connectivity index (χ4v) is 2.67. The number of nitrogens with zero attached hydrogens (tertiary/aromatic N) is 1. The van der Waals surface area contributed by atoms with Crippen molar-refractivity contribution in [2.24, 2.45) is 5.92 Å². The van der Waals surface area contributed by atoms with Crippen LogP contribution in [0.25, 0.3) is 0 Å². The highest BCUT2D eigenvalue weighted by Gasteiger charge is 2.19. The van der Waals surface area contributed by atoms with Crippen LogP contribution in [0.5, 0.6) is 0 Å². The first-order chi connectivity index (χ1) is 7.34. The van der Waals surface area contributed by atoms with E-state index in [0.717, 1.165) is 19.1 Å². The fraction of sp³-hybridized carbons (Fsp3) is 1.00. The van der Waals surface area contributed by atoms with Crippen molar-refractivity contribution in [1.82, 2.24) is 10.2 Å². The summed E-state index contributed by atoms with van der Waals surface area (Å²) >= 11 is 0. The van der Waals surface area contributed by atoms with Crippen molar-refractivity contribution in [1.29, 1.82) is 0 Å². The maximum atomic E-state index is 5.36. The van der Waals surface area contributed by atoms with Crippen LogP contribution in [0, 0.1) is 5.92 Å². The average Bonchev–Trinajstić information content (AvgIpc) is 2.28. The van der Waals surface area contributed by atoms with Crippen molar-refractivity contribution < 1.29 is 4.74 Å². The van der Waals surface area contributed by atoms with Gasteiger partial charge in [-0.15, -0.1) is 0 Å². The highest BCUT2D eigenvalue weighted by atomic mass is 16.5. The lowest BCUT2D eigenvalue weighted by atomic mass is 9.97. The zero-order valence-electron chi connectivity index (χ0n) is 9.87. The van der Waals surface area contributed by atoms with E-state index in [1.54, 1.807) is 0 Å². The fourth-order valence-electron chi connectivity index (χ4n) is 2.67. The molecule has 0 saturated carbocycles. The largest absolute Gasteiger partial charge is 0.381 e. The van der Waals surface area contributed by atoms with Gasteiger partial charge in [-0.05, 0) is 51.7 Å². The Kier molecular flexibility index (Phi) is 4.42. The molecule has 0 aliphatic carbocycles. The first kappa shape index (κ1) is 11.4. The van der Waals surface area contributed by atoms with Crippen LogP contribution in [0.1, 0.15) is 25.7 Å². The van der Waals surface area contributed by atoms with Crippen molar-refractivity contribution in [3.63, 3.8) is 0 Å². The van der Waals surface area contributed by atoms with Gasteiger partial charge in [-0.1, -0.05) is 0 Å². The Labute approximate surface area is 93.2 Å². The third-order valence-electron chi connectivity index (χ3n) is 3.64. The number of hydrogen-bond acceptors (Lipinski definition) is 3. The number of rotatable bonds is 3. The maximum Gasteiger partial charge on any atom is 0.0480 e. The Bertz CT molecular complexity index is 180. The van der Waals surface area contributed by atoms with E-state index in [2.05, 4.69) is 17.3 Å². The van der Waals surface area contributed by atoms with Crippen LogP contribution in [0.15, 0.2) is 0 Å². The lowest BCUT2D eigenvalue weighted by Crippen LogP contribution is -2.42. The summed E-state index contributed by atoms with van der Waals surface area (Å²) < 4.78 is 5.36. The van der Waals surface area contributed by atoms with Crippen LogP contribution in [-0.4, -0.2) is 50.8 Å². The van der Waals surface area contributed by atoms with Gasteiger partial charge < -0.3 is 15.0 Å². The molecule has 3 nitrogen and oxygen atoms in total. The van der Waals surface area contributed by atoms with Crippen molar-refractivity contribution in [3.05, 3.63) is 0 Å². The highest BCUT2D eigenvalue weighted by molar-refractivity contribution is 4.76. The normalized spacial score (nSPS) is 30.6. The monoisotopic (exact) mass is 212 g/mol. The predicted molar refractivity (Wildman–Crippen MR) is 62.1 cm³/mol. The van der Waals surface area contributed by atoms with Crippen LogP contribution in [-0.2, 0) is 4.74 Å². The van der Waals surface area contributed by atoms with Gasteiger partial charge in [0, 0.05) is 25.8 Å². The van der Waals surface area contributed by atoms with Crippen LogP contribution >= 0.6 is 0 Å². The molecule has 0 aromatic heterocycles. The Hall–Kier alpha value is -0.120. The number of hydrogen-bond donors (Lipinski definition) is 1. The molecule has 15 heavy (non-hydrogen) atoms. The molecule has 0 aromatic carbocycles. The van der Waals surface area contributed by atoms with E-state index < -0.39 is 0 Å². The lowest BCUT2D eigenvalue weighted by Gasteiger charge is -2.32. The van der Waals surface area contributed by atoms with Gasteiger partial charge in [0.05, 0.1) is 0 Å². The summed E-state index contributed by atoms with van der Waals surface area (Å²) in [6, 6.07) is 0.714. The van der Waals surface area contributed by atoms with Crippen LogP contribution in [0.3, 0.4) is 0 Å². The number of ether oxygens (including phenoxy) is 1. The summed E-state index contributed by atoms with van der Waals surface area (Å²) in [6.45, 7) is 5.66. The highest BCUT2D eigenvalue weighted by Crippen LogP contribution is 2.15. The predicted octanol–water partition coefficient (Wildman–Crippen LogP) is 1.10. The molecule has 1 unspecified atom stereocenters. The maximum absolute atomic E-state index is 5.36. The molecule has 88 valence electrons. The second-order valence-corrected chi connectivity index (χ2v) is 5.07. The Morgan fingerprint density at radius 2 is 2.07 bits per heavy atom. The van der Waals surface area contributed by atoms with E-state index in [1.807, 2.05) is 0 Å². The Balaban J connectivity index is 1.63. The second-order valence-electron chi connectivity index (χ2n) is 5.07. The summed E-state index contributed by atoms with van der Waals surface area (Å²) in [5.74, 6) is 0.867. The minimum Gasteiger partial charge on any atom is -0.381 e. The first-order valence-electron chi connectivity index (χ1n) is 6.34. The molecule has 0 spiro atoms. The van der Waals surface area contributed by atoms with Gasteiger partial charge in [-0.3, -0.25) is 0 Å². The summed E-state index contributed by atoms with van der Waals surface area (Å²) in [5.41, 5.74) is 0. The third kappa shape index (κ3) is 3.74. The lowest BCUT2D eigenvalue weighted by molar-refractivity contribution is 0.0753. The van der Waals surface area contributed by atoms with E-state index in [4.69, 9.17) is 4.74 Å². The summed E-state index contributed by atoms with van der Waals surface area (Å²) in [7, 11) is 2.24. The molecule has 2 aliphatic heterocycles. The number of likely N-dealkylation sites (tertiary alicyclic amines) is 1. The smallest absolute Gasteiger partial charge is 0.0480 e. The van der Waals surface area contributed by atoms with Gasteiger partial charge >= 0.3 is 0 Å². The SMILES string of the molecule is CN1CCCC(CNC2CCOCC2)C1. The molecule has 2 fully saturated rings. The van der Waals surface area contributed by atoms with Crippen molar-refractivity contribution in [2.75, 3.05) is 39.9 Å². The molecule has 0 radical (unpaired) electrons. The zero-order chi connectivity index (χ0) is 10.5. The van der Waals surface area contributed by atoms with Crippen molar-refractivity contribution in [2.45, 2.75) is 31.7 Å². The van der Waals surface area contributed by atoms with Gasteiger partial charge in [0.15, 0.2) is 0 Å². The molecule has 0 bridgehead atoms. The number of piperidine rings is 1. The van der Waals surface area contributed by atoms with E-state index in [-0.39, 0.29) is 0 Å². The average molecular weight is 212 g/mol. The third-order valence-corrected chi connectivity index (χ3v) is 3.64. The first-order valence-corrected chi connectivity index (χ1v) is 6.34. The van der Waals surface area contributed by atoms with E-state index >= 15 is 0 Å². The molecule has 0 amide bonds. The van der Waals surface area contributed by atoms with Crippen LogP contribution in [0.4, 0.5) is 0 Å². The van der Waals surface area contributed by atoms with Gasteiger partial charge in [0.25, 0.3) is 0 Å². The summed E-state index contributed by atoms with van der Waals surface area (Å²) in [4.78, 5) is 2.46. The van der Waals surface area contributed by atoms with E-state index in [9.17, 15) is 0 Å². The van der Waals surface area contributed by atoms with E-state index in [0.29, 0.717) is 6.04 Å². The van der Waals surface area contributed by atoms with Gasteiger partial charge in [0.1, 0.15) is 0 Å². The van der Waals surface area contributed by atoms with Gasteiger partial charge in [0.2, 0.25) is 0 Å². The Morgan fingerprint density at radius 3 is 2.80 bits per heavy atom. The summed E-state index contributed by atoms with van der Waals surface area (Å²) in [6.07, 6.45) is 5.17. The molecule has 2 heterocycles. The second kappa shape index (κ2) is 5.83. The van der Waals surface area contributed by atoms with Gasteiger partial charge in [-0.25, -0.2) is 0 Å². The quantitative estimate of drug-likeness (QED) is 0.758. The molecule has 2 aliphatic rings. The van der Waals surface area contributed by atoms with E-state index in [1.165, 1.54) is 45.3 Å². The molecule has 2 saturated heterocycles. The molecule has 1 N–H and O–H groups in total. The molecule has 2 rings (SSSR count). The van der Waals surface area contributed by atoms with Crippen molar-refractivity contribution in [3.8, 4) is 0 Å². The topological polar surface area (TPSA) is 24.5 Å². The summed E-state index contributed by atoms with van der Waals surface area (Å²) in [5, 5.41) is 3.71. The number of nitrogens with one attached hydrogen (secondary N) is 1. The molecular formula is C12H24N2O. The van der Waals surface area contributed by atoms with Gasteiger partial charge in [-0.2, -0.15) is 0 Å².